The first-order valence-corrected chi connectivity index (χ1v) is 10.7. The van der Waals surface area contributed by atoms with E-state index in [2.05, 4.69) is 41.4 Å². The minimum atomic E-state index is -0.392. The van der Waals surface area contributed by atoms with Gasteiger partial charge in [-0.05, 0) is 36.1 Å². The molecule has 1 aliphatic heterocycles. The van der Waals surface area contributed by atoms with Crippen LogP contribution in [0.3, 0.4) is 0 Å². The molecule has 0 saturated heterocycles. The third kappa shape index (κ3) is 5.14. The van der Waals surface area contributed by atoms with Crippen LogP contribution in [-0.4, -0.2) is 41.6 Å². The van der Waals surface area contributed by atoms with Crippen molar-refractivity contribution in [2.75, 3.05) is 18.8 Å². The summed E-state index contributed by atoms with van der Waals surface area (Å²) in [7, 11) is 0. The molecule has 0 fully saturated rings. The lowest BCUT2D eigenvalue weighted by Crippen LogP contribution is -2.45. The zero-order valence-corrected chi connectivity index (χ0v) is 17.0. The summed E-state index contributed by atoms with van der Waals surface area (Å²) in [6.07, 6.45) is 2.02. The van der Waals surface area contributed by atoms with Crippen molar-refractivity contribution in [2.45, 2.75) is 37.2 Å². The van der Waals surface area contributed by atoms with Gasteiger partial charge in [-0.15, -0.1) is 11.8 Å². The molecule has 0 bridgehead atoms. The number of nitrogens with zero attached hydrogens (tertiary/aromatic N) is 1. The maximum absolute atomic E-state index is 12.8. The van der Waals surface area contributed by atoms with Gasteiger partial charge in [-0.2, -0.15) is 0 Å². The number of nitrogens with two attached hydrogens (primary N) is 1. The van der Waals surface area contributed by atoms with Crippen LogP contribution < -0.4 is 11.1 Å². The number of carbonyl (C=O) groups excluding carboxylic acids is 2. The van der Waals surface area contributed by atoms with Crippen molar-refractivity contribution in [3.05, 3.63) is 65.2 Å². The van der Waals surface area contributed by atoms with Crippen molar-refractivity contribution in [3.8, 4) is 0 Å². The van der Waals surface area contributed by atoms with Crippen LogP contribution in [0.2, 0.25) is 0 Å². The van der Waals surface area contributed by atoms with Crippen molar-refractivity contribution in [2.24, 2.45) is 5.73 Å². The number of benzene rings is 2. The number of fused-ring (bicyclic) bond motifs is 1. The van der Waals surface area contributed by atoms with E-state index in [-0.39, 0.29) is 11.7 Å². The quantitative estimate of drug-likeness (QED) is 0.672. The number of hydrogen-bond acceptors (Lipinski definition) is 4. The summed E-state index contributed by atoms with van der Waals surface area (Å²) in [6.45, 7) is 4.70. The Hall–Kier alpha value is -2.31. The minimum absolute atomic E-state index is 0.108. The molecule has 2 aromatic carbocycles. The maximum atomic E-state index is 12.8. The second kappa shape index (κ2) is 9.75. The Morgan fingerprint density at radius 1 is 1.14 bits per heavy atom. The molecule has 1 atom stereocenters. The van der Waals surface area contributed by atoms with Gasteiger partial charge in [0, 0.05) is 30.6 Å². The van der Waals surface area contributed by atoms with Gasteiger partial charge in [0.1, 0.15) is 0 Å². The van der Waals surface area contributed by atoms with Crippen molar-refractivity contribution < 1.29 is 9.59 Å². The lowest BCUT2D eigenvalue weighted by atomic mass is 9.98. The summed E-state index contributed by atoms with van der Waals surface area (Å²) in [4.78, 5) is 27.0. The largest absolute Gasteiger partial charge is 0.369 e. The molecule has 1 heterocycles. The molecular weight excluding hydrogens is 370 g/mol. The average molecular weight is 398 g/mol. The molecule has 0 spiro atoms. The van der Waals surface area contributed by atoms with Gasteiger partial charge in [0.15, 0.2) is 0 Å². The minimum Gasteiger partial charge on any atom is -0.369 e. The van der Waals surface area contributed by atoms with Crippen LogP contribution in [0.15, 0.2) is 53.4 Å². The highest BCUT2D eigenvalue weighted by Gasteiger charge is 2.23. The molecule has 1 unspecified atom stereocenters. The highest BCUT2D eigenvalue weighted by molar-refractivity contribution is 8.00. The number of thioether (sulfide) groups is 1. The number of rotatable bonds is 8. The first kappa shape index (κ1) is 20.4. The van der Waals surface area contributed by atoms with E-state index in [0.29, 0.717) is 18.2 Å². The van der Waals surface area contributed by atoms with Crippen LogP contribution in [-0.2, 0) is 17.8 Å². The van der Waals surface area contributed by atoms with Crippen molar-refractivity contribution in [1.29, 1.82) is 0 Å². The van der Waals surface area contributed by atoms with Gasteiger partial charge in [-0.3, -0.25) is 14.5 Å². The topological polar surface area (TPSA) is 75.4 Å². The Morgan fingerprint density at radius 3 is 2.61 bits per heavy atom. The van der Waals surface area contributed by atoms with Crippen LogP contribution in [0.25, 0.3) is 0 Å². The Morgan fingerprint density at radius 2 is 1.86 bits per heavy atom. The second-order valence-electron chi connectivity index (χ2n) is 7.01. The van der Waals surface area contributed by atoms with Crippen LogP contribution in [0.1, 0.15) is 34.8 Å². The number of hydrogen-bond donors (Lipinski definition) is 2. The molecule has 0 radical (unpaired) electrons. The smallest absolute Gasteiger partial charge is 0.252 e. The van der Waals surface area contributed by atoms with Gasteiger partial charge in [0.25, 0.3) is 5.91 Å². The Balaban J connectivity index is 1.61. The number of amides is 2. The molecule has 1 aliphatic rings. The zero-order valence-electron chi connectivity index (χ0n) is 16.2. The van der Waals surface area contributed by atoms with Crippen molar-refractivity contribution >= 4 is 23.6 Å². The van der Waals surface area contributed by atoms with Gasteiger partial charge in [0.05, 0.1) is 11.3 Å². The summed E-state index contributed by atoms with van der Waals surface area (Å²) >= 11 is 1.30. The molecule has 2 aromatic rings. The predicted octanol–water partition coefficient (Wildman–Crippen LogP) is 2.83. The summed E-state index contributed by atoms with van der Waals surface area (Å²) in [6, 6.07) is 16.2. The second-order valence-corrected chi connectivity index (χ2v) is 8.03. The molecule has 2 amide bonds. The standard InChI is InChI=1S/C22H27N3O2S/c1-2-18(25-12-11-16-7-3-4-8-17(16)14-25)13-24-22(27)19-9-5-6-10-20(19)28-15-21(23)26/h3-10,18H,2,11-15H2,1H3,(H2,23,26)(H,24,27). The van der Waals surface area contributed by atoms with Crippen LogP contribution >= 0.6 is 11.8 Å². The summed E-state index contributed by atoms with van der Waals surface area (Å²) in [5.74, 6) is -0.338. The first-order chi connectivity index (χ1) is 13.6. The van der Waals surface area contributed by atoms with Crippen LogP contribution in [0.4, 0.5) is 0 Å². The number of primary amides is 1. The summed E-state index contributed by atoms with van der Waals surface area (Å²) < 4.78 is 0. The molecule has 3 N–H and O–H groups in total. The van der Waals surface area contributed by atoms with E-state index in [1.807, 2.05) is 18.2 Å². The van der Waals surface area contributed by atoms with Gasteiger partial charge in [0.2, 0.25) is 5.91 Å². The predicted molar refractivity (Wildman–Crippen MR) is 113 cm³/mol. The van der Waals surface area contributed by atoms with Crippen molar-refractivity contribution in [1.82, 2.24) is 10.2 Å². The maximum Gasteiger partial charge on any atom is 0.252 e. The monoisotopic (exact) mass is 397 g/mol. The molecule has 0 aromatic heterocycles. The van der Waals surface area contributed by atoms with E-state index >= 15 is 0 Å². The van der Waals surface area contributed by atoms with Gasteiger partial charge < -0.3 is 11.1 Å². The van der Waals surface area contributed by atoms with E-state index < -0.39 is 5.91 Å². The molecule has 148 valence electrons. The SMILES string of the molecule is CCC(CNC(=O)c1ccccc1SCC(N)=O)N1CCc2ccccc2C1. The average Bonchev–Trinajstić information content (AvgIpc) is 2.72. The Bertz CT molecular complexity index is 840. The molecular formula is C22H27N3O2S. The Labute approximate surface area is 170 Å². The highest BCUT2D eigenvalue weighted by atomic mass is 32.2. The zero-order chi connectivity index (χ0) is 19.9. The fraction of sp³-hybridized carbons (Fsp3) is 0.364. The molecule has 28 heavy (non-hydrogen) atoms. The summed E-state index contributed by atoms with van der Waals surface area (Å²) in [5.41, 5.74) is 8.63. The molecule has 0 aliphatic carbocycles. The lowest BCUT2D eigenvalue weighted by molar-refractivity contribution is -0.115. The third-order valence-electron chi connectivity index (χ3n) is 5.15. The van der Waals surface area contributed by atoms with E-state index in [4.69, 9.17) is 5.73 Å². The van der Waals surface area contributed by atoms with Gasteiger partial charge >= 0.3 is 0 Å². The molecule has 3 rings (SSSR count). The number of carbonyl (C=O) groups is 2. The van der Waals surface area contributed by atoms with Crippen LogP contribution in [0, 0.1) is 0 Å². The van der Waals surface area contributed by atoms with Crippen LogP contribution in [0.5, 0.6) is 0 Å². The van der Waals surface area contributed by atoms with E-state index in [9.17, 15) is 9.59 Å². The van der Waals surface area contributed by atoms with Crippen molar-refractivity contribution in [3.63, 3.8) is 0 Å². The third-order valence-corrected chi connectivity index (χ3v) is 6.24. The number of nitrogens with one attached hydrogen (secondary N) is 1. The lowest BCUT2D eigenvalue weighted by Gasteiger charge is -2.35. The Kier molecular flexibility index (Phi) is 7.12. The van der Waals surface area contributed by atoms with Gasteiger partial charge in [-0.25, -0.2) is 0 Å². The molecule has 5 nitrogen and oxygen atoms in total. The fourth-order valence-electron chi connectivity index (χ4n) is 3.60. The normalized spacial score (nSPS) is 14.9. The fourth-order valence-corrected chi connectivity index (χ4v) is 4.38. The first-order valence-electron chi connectivity index (χ1n) is 9.67. The van der Waals surface area contributed by atoms with E-state index in [0.717, 1.165) is 30.8 Å². The molecule has 0 saturated carbocycles. The van der Waals surface area contributed by atoms with E-state index in [1.165, 1.54) is 22.9 Å². The summed E-state index contributed by atoms with van der Waals surface area (Å²) in [5, 5.41) is 3.09. The van der Waals surface area contributed by atoms with E-state index in [1.54, 1.807) is 6.07 Å². The van der Waals surface area contributed by atoms with Gasteiger partial charge in [-0.1, -0.05) is 43.3 Å². The molecule has 6 heteroatoms. The highest BCUT2D eigenvalue weighted by Crippen LogP contribution is 2.23.